The van der Waals surface area contributed by atoms with Gasteiger partial charge in [-0.05, 0) is 49.6 Å². The van der Waals surface area contributed by atoms with Crippen LogP contribution in [0.15, 0.2) is 51.7 Å². The topological polar surface area (TPSA) is 69.0 Å². The van der Waals surface area contributed by atoms with Crippen LogP contribution in [0.5, 0.6) is 11.5 Å². The molecule has 2 heterocycles. The third-order valence-electron chi connectivity index (χ3n) is 5.96. The molecule has 2 aromatic carbocycles. The number of carbonyl (C=O) groups excluding carboxylic acids is 1. The van der Waals surface area contributed by atoms with E-state index in [2.05, 4.69) is 13.8 Å². The second-order valence-corrected chi connectivity index (χ2v) is 8.27. The van der Waals surface area contributed by atoms with Crippen LogP contribution in [0.4, 0.5) is 0 Å². The molecular weight excluding hydrogens is 418 g/mol. The average Bonchev–Trinajstić information content (AvgIpc) is 3.11. The van der Waals surface area contributed by atoms with E-state index in [0.29, 0.717) is 47.8 Å². The zero-order valence-electron chi connectivity index (χ0n) is 19.6. The Morgan fingerprint density at radius 2 is 1.73 bits per heavy atom. The molecule has 0 aliphatic carbocycles. The second kappa shape index (κ2) is 10.1. The van der Waals surface area contributed by atoms with Crippen LogP contribution in [0, 0.1) is 0 Å². The molecule has 6 heteroatoms. The minimum atomic E-state index is -0.524. The van der Waals surface area contributed by atoms with E-state index in [-0.39, 0.29) is 17.1 Å². The highest BCUT2D eigenvalue weighted by Gasteiger charge is 2.42. The Morgan fingerprint density at radius 1 is 0.939 bits per heavy atom. The van der Waals surface area contributed by atoms with Gasteiger partial charge in [0.15, 0.2) is 16.9 Å². The van der Waals surface area contributed by atoms with E-state index in [9.17, 15) is 9.59 Å². The maximum Gasteiger partial charge on any atom is 0.290 e. The van der Waals surface area contributed by atoms with E-state index in [4.69, 9.17) is 13.9 Å². The minimum absolute atomic E-state index is 0.140. The normalized spacial score (nSPS) is 15.2. The van der Waals surface area contributed by atoms with Crippen molar-refractivity contribution in [2.45, 2.75) is 52.5 Å². The van der Waals surface area contributed by atoms with Crippen molar-refractivity contribution in [3.05, 3.63) is 69.6 Å². The standard InChI is InChI=1S/C27H31NO5/c1-4-7-15-28-24(18-13-14-21(32-16-8-5-2)22(17-18)31-6-3)23-25(29)19-11-9-10-12-20(19)33-26(23)27(28)30/h9-14,17,24H,4-8,15-16H2,1-3H3/t24-/m0/s1. The lowest BCUT2D eigenvalue weighted by Gasteiger charge is -2.25. The smallest absolute Gasteiger partial charge is 0.290 e. The molecule has 1 amide bonds. The van der Waals surface area contributed by atoms with Gasteiger partial charge in [-0.1, -0.05) is 44.9 Å². The Kier molecular flexibility index (Phi) is 7.02. The highest BCUT2D eigenvalue weighted by molar-refractivity contribution is 5.99. The van der Waals surface area contributed by atoms with Gasteiger partial charge in [-0.25, -0.2) is 0 Å². The zero-order chi connectivity index (χ0) is 23.4. The number of hydrogen-bond acceptors (Lipinski definition) is 5. The maximum atomic E-state index is 13.5. The summed E-state index contributed by atoms with van der Waals surface area (Å²) in [4.78, 5) is 28.6. The van der Waals surface area contributed by atoms with Crippen molar-refractivity contribution < 1.29 is 18.7 Å². The van der Waals surface area contributed by atoms with Crippen LogP contribution in [-0.2, 0) is 0 Å². The highest BCUT2D eigenvalue weighted by atomic mass is 16.5. The van der Waals surface area contributed by atoms with E-state index in [0.717, 1.165) is 31.2 Å². The number of ether oxygens (including phenoxy) is 2. The van der Waals surface area contributed by atoms with Gasteiger partial charge in [0.05, 0.1) is 30.2 Å². The van der Waals surface area contributed by atoms with Crippen LogP contribution >= 0.6 is 0 Å². The van der Waals surface area contributed by atoms with Crippen molar-refractivity contribution in [3.8, 4) is 11.5 Å². The Bertz CT molecular complexity index is 1200. The summed E-state index contributed by atoms with van der Waals surface area (Å²) in [6.07, 6.45) is 3.76. The third-order valence-corrected chi connectivity index (χ3v) is 5.96. The van der Waals surface area contributed by atoms with Crippen molar-refractivity contribution in [1.29, 1.82) is 0 Å². The first-order valence-corrected chi connectivity index (χ1v) is 11.9. The van der Waals surface area contributed by atoms with E-state index in [1.165, 1.54) is 0 Å². The summed E-state index contributed by atoms with van der Waals surface area (Å²) >= 11 is 0. The van der Waals surface area contributed by atoms with Crippen LogP contribution in [0.3, 0.4) is 0 Å². The molecule has 0 saturated carbocycles. The summed E-state index contributed by atoms with van der Waals surface area (Å²) in [5, 5.41) is 0.482. The molecule has 1 atom stereocenters. The second-order valence-electron chi connectivity index (χ2n) is 8.27. The van der Waals surface area contributed by atoms with Gasteiger partial charge >= 0.3 is 0 Å². The largest absolute Gasteiger partial charge is 0.490 e. The fourth-order valence-electron chi connectivity index (χ4n) is 4.28. The molecule has 0 bridgehead atoms. The number of rotatable bonds is 10. The summed E-state index contributed by atoms with van der Waals surface area (Å²) in [5.41, 5.74) is 1.48. The Balaban J connectivity index is 1.84. The lowest BCUT2D eigenvalue weighted by Crippen LogP contribution is -2.30. The van der Waals surface area contributed by atoms with Crippen LogP contribution in [0.2, 0.25) is 0 Å². The molecule has 1 aliphatic rings. The molecule has 4 rings (SSSR count). The lowest BCUT2D eigenvalue weighted by atomic mass is 9.98. The van der Waals surface area contributed by atoms with Gasteiger partial charge in [-0.3, -0.25) is 9.59 Å². The summed E-state index contributed by atoms with van der Waals surface area (Å²) in [7, 11) is 0. The van der Waals surface area contributed by atoms with Crippen LogP contribution in [0.25, 0.3) is 11.0 Å². The zero-order valence-corrected chi connectivity index (χ0v) is 19.6. The van der Waals surface area contributed by atoms with Crippen molar-refractivity contribution in [3.63, 3.8) is 0 Å². The molecule has 0 unspecified atom stereocenters. The van der Waals surface area contributed by atoms with Gasteiger partial charge in [0.25, 0.3) is 5.91 Å². The average molecular weight is 450 g/mol. The summed E-state index contributed by atoms with van der Waals surface area (Å²) in [6.45, 7) is 7.75. The Hall–Kier alpha value is -3.28. The summed E-state index contributed by atoms with van der Waals surface area (Å²) in [5.74, 6) is 1.19. The van der Waals surface area contributed by atoms with Crippen molar-refractivity contribution in [2.24, 2.45) is 0 Å². The molecule has 0 fully saturated rings. The maximum absolute atomic E-state index is 13.5. The number of hydrogen-bond donors (Lipinski definition) is 0. The molecule has 33 heavy (non-hydrogen) atoms. The number of fused-ring (bicyclic) bond motifs is 2. The van der Waals surface area contributed by atoms with Gasteiger partial charge in [-0.15, -0.1) is 0 Å². The first-order chi connectivity index (χ1) is 16.1. The van der Waals surface area contributed by atoms with Gasteiger partial charge in [-0.2, -0.15) is 0 Å². The first-order valence-electron chi connectivity index (χ1n) is 11.9. The Labute approximate surface area is 194 Å². The molecule has 1 aromatic heterocycles. The minimum Gasteiger partial charge on any atom is -0.490 e. The molecule has 174 valence electrons. The molecular formula is C27H31NO5. The predicted molar refractivity (Wildman–Crippen MR) is 128 cm³/mol. The fraction of sp³-hybridized carbons (Fsp3) is 0.407. The van der Waals surface area contributed by atoms with Gasteiger partial charge in [0, 0.05) is 6.54 Å². The van der Waals surface area contributed by atoms with Crippen molar-refractivity contribution in [2.75, 3.05) is 19.8 Å². The van der Waals surface area contributed by atoms with E-state index < -0.39 is 6.04 Å². The molecule has 0 N–H and O–H groups in total. The number of nitrogens with zero attached hydrogens (tertiary/aromatic N) is 1. The third kappa shape index (κ3) is 4.34. The fourth-order valence-corrected chi connectivity index (χ4v) is 4.28. The van der Waals surface area contributed by atoms with Crippen LogP contribution in [0.1, 0.15) is 74.2 Å². The number of unbranched alkanes of at least 4 members (excludes halogenated alkanes) is 2. The first kappa shape index (κ1) is 22.9. The van der Waals surface area contributed by atoms with Gasteiger partial charge < -0.3 is 18.8 Å². The van der Waals surface area contributed by atoms with Crippen LogP contribution in [-0.4, -0.2) is 30.6 Å². The van der Waals surface area contributed by atoms with Gasteiger partial charge in [0.2, 0.25) is 5.76 Å². The monoisotopic (exact) mass is 449 g/mol. The number of para-hydroxylation sites is 1. The number of benzene rings is 2. The summed E-state index contributed by atoms with van der Waals surface area (Å²) in [6, 6.07) is 12.2. The molecule has 1 aliphatic heterocycles. The van der Waals surface area contributed by atoms with E-state index >= 15 is 0 Å². The van der Waals surface area contributed by atoms with Crippen molar-refractivity contribution >= 4 is 16.9 Å². The molecule has 0 radical (unpaired) electrons. The van der Waals surface area contributed by atoms with Crippen LogP contribution < -0.4 is 14.9 Å². The highest BCUT2D eigenvalue weighted by Crippen LogP contribution is 2.41. The molecule has 3 aromatic rings. The quantitative estimate of drug-likeness (QED) is 0.371. The molecule has 0 spiro atoms. The predicted octanol–water partition coefficient (Wildman–Crippen LogP) is 5.72. The van der Waals surface area contributed by atoms with Gasteiger partial charge in [0.1, 0.15) is 5.58 Å². The van der Waals surface area contributed by atoms with Crippen molar-refractivity contribution in [1.82, 2.24) is 4.90 Å². The summed E-state index contributed by atoms with van der Waals surface area (Å²) < 4.78 is 17.8. The van der Waals surface area contributed by atoms with E-state index in [1.54, 1.807) is 23.1 Å². The SMILES string of the molecule is CCCCOc1ccc([C@H]2c3c(oc4ccccc4c3=O)C(=O)N2CCCC)cc1OCC. The Morgan fingerprint density at radius 3 is 2.48 bits per heavy atom. The molecule has 6 nitrogen and oxygen atoms in total. The number of carbonyl (C=O) groups is 1. The lowest BCUT2D eigenvalue weighted by molar-refractivity contribution is 0.0725. The number of amides is 1. The van der Waals surface area contributed by atoms with E-state index in [1.807, 2.05) is 31.2 Å². The molecule has 0 saturated heterocycles.